The van der Waals surface area contributed by atoms with Crippen LogP contribution in [0.3, 0.4) is 0 Å². The highest BCUT2D eigenvalue weighted by molar-refractivity contribution is 7.21. The Bertz CT molecular complexity index is 787. The van der Waals surface area contributed by atoms with Gasteiger partial charge in [0.15, 0.2) is 0 Å². The van der Waals surface area contributed by atoms with Crippen molar-refractivity contribution in [1.82, 2.24) is 0 Å². The minimum absolute atomic E-state index is 0.0875. The molecule has 0 aliphatic rings. The first-order valence-corrected chi connectivity index (χ1v) is 6.87. The van der Waals surface area contributed by atoms with Crippen molar-refractivity contribution >= 4 is 27.2 Å². The molecule has 0 aliphatic heterocycles. The standard InChI is InChI=1S/C16H10F2OS/c1-9-6-11(13(18)8-12(9)17)16(19)15-7-10-4-2-3-5-14(10)20-15/h2-8H,1H3. The third-order valence-electron chi connectivity index (χ3n) is 3.14. The van der Waals surface area contributed by atoms with Gasteiger partial charge in [-0.25, -0.2) is 8.78 Å². The molecule has 3 rings (SSSR count). The van der Waals surface area contributed by atoms with E-state index in [4.69, 9.17) is 0 Å². The van der Waals surface area contributed by atoms with Crippen molar-refractivity contribution in [3.05, 3.63) is 70.1 Å². The molecule has 0 unspecified atom stereocenters. The average Bonchev–Trinajstić information content (AvgIpc) is 2.86. The van der Waals surface area contributed by atoms with E-state index >= 15 is 0 Å². The smallest absolute Gasteiger partial charge is 0.205 e. The molecule has 1 aromatic heterocycles. The predicted molar refractivity (Wildman–Crippen MR) is 76.4 cm³/mol. The van der Waals surface area contributed by atoms with E-state index in [0.717, 1.165) is 16.2 Å². The van der Waals surface area contributed by atoms with Gasteiger partial charge in [-0.05, 0) is 36.1 Å². The molecule has 1 nitrogen and oxygen atoms in total. The normalized spacial score (nSPS) is 10.9. The molecule has 2 aromatic carbocycles. The van der Waals surface area contributed by atoms with Crippen LogP contribution in [0.5, 0.6) is 0 Å². The molecule has 0 saturated heterocycles. The number of carbonyl (C=O) groups is 1. The number of halogens is 2. The summed E-state index contributed by atoms with van der Waals surface area (Å²) in [7, 11) is 0. The molecule has 100 valence electrons. The first-order valence-electron chi connectivity index (χ1n) is 6.05. The number of fused-ring (bicyclic) bond motifs is 1. The Hall–Kier alpha value is -2.07. The van der Waals surface area contributed by atoms with Crippen molar-refractivity contribution in [2.75, 3.05) is 0 Å². The zero-order valence-electron chi connectivity index (χ0n) is 10.6. The highest BCUT2D eigenvalue weighted by Gasteiger charge is 2.18. The summed E-state index contributed by atoms with van der Waals surface area (Å²) in [6, 6.07) is 11.3. The van der Waals surface area contributed by atoms with Crippen molar-refractivity contribution in [2.45, 2.75) is 6.92 Å². The lowest BCUT2D eigenvalue weighted by Crippen LogP contribution is -2.04. The molecular weight excluding hydrogens is 278 g/mol. The Kier molecular flexibility index (Phi) is 3.10. The van der Waals surface area contributed by atoms with Gasteiger partial charge in [-0.15, -0.1) is 11.3 Å². The van der Waals surface area contributed by atoms with E-state index in [2.05, 4.69) is 0 Å². The number of rotatable bonds is 2. The summed E-state index contributed by atoms with van der Waals surface area (Å²) in [4.78, 5) is 12.8. The maximum absolute atomic E-state index is 13.8. The predicted octanol–water partition coefficient (Wildman–Crippen LogP) is 4.72. The summed E-state index contributed by atoms with van der Waals surface area (Å²) in [6.45, 7) is 1.51. The molecular formula is C16H10F2OS. The first-order chi connectivity index (χ1) is 9.56. The summed E-state index contributed by atoms with van der Waals surface area (Å²) in [5, 5.41) is 0.945. The molecule has 0 atom stereocenters. The molecule has 0 amide bonds. The molecule has 1 heterocycles. The third-order valence-corrected chi connectivity index (χ3v) is 4.26. The lowest BCUT2D eigenvalue weighted by molar-refractivity contribution is 0.103. The molecule has 4 heteroatoms. The molecule has 3 aromatic rings. The van der Waals surface area contributed by atoms with E-state index in [0.29, 0.717) is 4.88 Å². The van der Waals surface area contributed by atoms with Crippen LogP contribution in [0.1, 0.15) is 20.8 Å². The molecule has 0 radical (unpaired) electrons. The quantitative estimate of drug-likeness (QED) is 0.624. The second kappa shape index (κ2) is 4.80. The largest absolute Gasteiger partial charge is 0.288 e. The van der Waals surface area contributed by atoms with E-state index < -0.39 is 17.4 Å². The van der Waals surface area contributed by atoms with Gasteiger partial charge >= 0.3 is 0 Å². The Morgan fingerprint density at radius 1 is 1.05 bits per heavy atom. The average molecular weight is 288 g/mol. The molecule has 20 heavy (non-hydrogen) atoms. The number of ketones is 1. The maximum Gasteiger partial charge on any atom is 0.205 e. The zero-order chi connectivity index (χ0) is 14.3. The van der Waals surface area contributed by atoms with Gasteiger partial charge < -0.3 is 0 Å². The van der Waals surface area contributed by atoms with Gasteiger partial charge in [-0.1, -0.05) is 18.2 Å². The fourth-order valence-corrected chi connectivity index (χ4v) is 3.07. The highest BCUT2D eigenvalue weighted by atomic mass is 32.1. The third kappa shape index (κ3) is 2.12. The summed E-state index contributed by atoms with van der Waals surface area (Å²) < 4.78 is 28.0. The number of benzene rings is 2. The van der Waals surface area contributed by atoms with E-state index in [1.165, 1.54) is 24.3 Å². The minimum Gasteiger partial charge on any atom is -0.288 e. The highest BCUT2D eigenvalue weighted by Crippen LogP contribution is 2.28. The first kappa shape index (κ1) is 12.9. The van der Waals surface area contributed by atoms with Crippen molar-refractivity contribution in [2.24, 2.45) is 0 Å². The number of hydrogen-bond donors (Lipinski definition) is 0. The number of aryl methyl sites for hydroxylation is 1. The van der Waals surface area contributed by atoms with Gasteiger partial charge in [0.25, 0.3) is 0 Å². The van der Waals surface area contributed by atoms with Crippen LogP contribution in [0.25, 0.3) is 10.1 Å². The lowest BCUT2D eigenvalue weighted by atomic mass is 10.1. The van der Waals surface area contributed by atoms with Crippen LogP contribution in [-0.2, 0) is 0 Å². The van der Waals surface area contributed by atoms with E-state index in [1.807, 2.05) is 24.3 Å². The van der Waals surface area contributed by atoms with Crippen molar-refractivity contribution in [1.29, 1.82) is 0 Å². The topological polar surface area (TPSA) is 17.1 Å². The Balaban J connectivity index is 2.10. The summed E-state index contributed by atoms with van der Waals surface area (Å²) in [6.07, 6.45) is 0. The number of hydrogen-bond acceptors (Lipinski definition) is 2. The Morgan fingerprint density at radius 3 is 2.55 bits per heavy atom. The lowest BCUT2D eigenvalue weighted by Gasteiger charge is -2.03. The van der Waals surface area contributed by atoms with Gasteiger partial charge in [0.2, 0.25) is 5.78 Å². The zero-order valence-corrected chi connectivity index (χ0v) is 11.4. The van der Waals surface area contributed by atoms with Crippen LogP contribution < -0.4 is 0 Å². The van der Waals surface area contributed by atoms with Crippen LogP contribution in [0.2, 0.25) is 0 Å². The Morgan fingerprint density at radius 2 is 1.80 bits per heavy atom. The van der Waals surface area contributed by atoms with Gasteiger partial charge in [0.1, 0.15) is 11.6 Å². The summed E-state index contributed by atoms with van der Waals surface area (Å²) >= 11 is 1.31. The molecule has 0 bridgehead atoms. The van der Waals surface area contributed by atoms with Gasteiger partial charge in [-0.3, -0.25) is 4.79 Å². The second-order valence-electron chi connectivity index (χ2n) is 4.56. The number of carbonyl (C=O) groups excluding carboxylic acids is 1. The van der Waals surface area contributed by atoms with Gasteiger partial charge in [0, 0.05) is 10.8 Å². The molecule has 0 N–H and O–H groups in total. The van der Waals surface area contributed by atoms with Crippen LogP contribution in [0.15, 0.2) is 42.5 Å². The summed E-state index contributed by atoms with van der Waals surface area (Å²) in [5.74, 6) is -1.88. The minimum atomic E-state index is -0.824. The maximum atomic E-state index is 13.8. The van der Waals surface area contributed by atoms with Crippen molar-refractivity contribution in [3.8, 4) is 0 Å². The number of thiophene rings is 1. The fraction of sp³-hybridized carbons (Fsp3) is 0.0625. The van der Waals surface area contributed by atoms with E-state index in [-0.39, 0.29) is 11.1 Å². The van der Waals surface area contributed by atoms with E-state index in [1.54, 1.807) is 6.07 Å². The monoisotopic (exact) mass is 288 g/mol. The van der Waals surface area contributed by atoms with Crippen LogP contribution in [0.4, 0.5) is 8.78 Å². The van der Waals surface area contributed by atoms with Gasteiger partial charge in [-0.2, -0.15) is 0 Å². The van der Waals surface area contributed by atoms with Crippen LogP contribution in [-0.4, -0.2) is 5.78 Å². The van der Waals surface area contributed by atoms with Crippen LogP contribution >= 0.6 is 11.3 Å². The summed E-state index contributed by atoms with van der Waals surface area (Å²) in [5.41, 5.74) is 0.173. The Labute approximate surface area is 118 Å². The molecule has 0 saturated carbocycles. The fourth-order valence-electron chi connectivity index (χ4n) is 2.06. The second-order valence-corrected chi connectivity index (χ2v) is 5.64. The SMILES string of the molecule is Cc1cc(C(=O)c2cc3ccccc3s2)c(F)cc1F. The van der Waals surface area contributed by atoms with Crippen LogP contribution in [0, 0.1) is 18.6 Å². The molecule has 0 fully saturated rings. The van der Waals surface area contributed by atoms with Crippen molar-refractivity contribution in [3.63, 3.8) is 0 Å². The van der Waals surface area contributed by atoms with E-state index in [9.17, 15) is 13.6 Å². The molecule has 0 spiro atoms. The van der Waals surface area contributed by atoms with Crippen molar-refractivity contribution < 1.29 is 13.6 Å². The molecule has 0 aliphatic carbocycles. The van der Waals surface area contributed by atoms with Gasteiger partial charge in [0.05, 0.1) is 10.4 Å².